The van der Waals surface area contributed by atoms with Crippen LogP contribution in [0, 0.1) is 0 Å². The van der Waals surface area contributed by atoms with Crippen LogP contribution in [0.1, 0.15) is 11.9 Å². The summed E-state index contributed by atoms with van der Waals surface area (Å²) in [6.07, 6.45) is -3.35. The van der Waals surface area contributed by atoms with Crippen LogP contribution in [0.25, 0.3) is 11.1 Å². The zero-order valence-corrected chi connectivity index (χ0v) is 19.0. The fourth-order valence-electron chi connectivity index (χ4n) is 3.76. The maximum Gasteiger partial charge on any atom is 0.469 e. The molecule has 1 fully saturated rings. The van der Waals surface area contributed by atoms with Gasteiger partial charge in [0.25, 0.3) is 5.56 Å². The van der Waals surface area contributed by atoms with Gasteiger partial charge in [0.2, 0.25) is 0 Å². The zero-order valence-electron chi connectivity index (χ0n) is 18.1. The number of nitrogens with zero attached hydrogens (tertiary/aromatic N) is 3. The summed E-state index contributed by atoms with van der Waals surface area (Å²) in [4.78, 5) is 47.5. The lowest BCUT2D eigenvalue weighted by atomic mass is 10.1. The average molecular weight is 506 g/mol. The third-order valence-corrected chi connectivity index (χ3v) is 5.96. The number of benzene rings is 1. The van der Waals surface area contributed by atoms with Crippen molar-refractivity contribution in [3.8, 4) is 11.1 Å². The first kappa shape index (κ1) is 24.9. The van der Waals surface area contributed by atoms with E-state index in [4.69, 9.17) is 20.3 Å². The predicted molar refractivity (Wildman–Crippen MR) is 122 cm³/mol. The van der Waals surface area contributed by atoms with Crippen molar-refractivity contribution in [2.75, 3.05) is 12.3 Å². The Kier molecular flexibility index (Phi) is 7.01. The molecule has 14 heteroatoms. The standard InChI is InChI=1S/C21H23N4O9P/c22-14-3-1-2-12(8-14)13-4-6-23-15(9-13)10-25-17(26)5-7-24(21(25)29)20-19(28)18(27)16(34-20)11-33-35(30,31)32/h1-9,16,18-20,27-28H,10-11,22H2,(H2,30,31,32)/t16-,18+,19?,20-/m1/s1. The van der Waals surface area contributed by atoms with E-state index in [0.717, 1.165) is 32.5 Å². The number of aliphatic hydroxyl groups excluding tert-OH is 2. The van der Waals surface area contributed by atoms with Gasteiger partial charge < -0.3 is 30.5 Å². The van der Waals surface area contributed by atoms with Crippen LogP contribution in [0.5, 0.6) is 0 Å². The molecule has 3 aromatic rings. The van der Waals surface area contributed by atoms with E-state index in [1.165, 1.54) is 6.20 Å². The molecule has 0 aliphatic carbocycles. The molecule has 35 heavy (non-hydrogen) atoms. The molecule has 0 amide bonds. The summed E-state index contributed by atoms with van der Waals surface area (Å²) in [6, 6.07) is 11.7. The lowest BCUT2D eigenvalue weighted by molar-refractivity contribution is -0.0548. The molecule has 2 aromatic heterocycles. The van der Waals surface area contributed by atoms with E-state index in [1.54, 1.807) is 30.3 Å². The lowest BCUT2D eigenvalue weighted by Crippen LogP contribution is -2.43. The number of hydrogen-bond donors (Lipinski definition) is 5. The maximum atomic E-state index is 13.1. The van der Waals surface area contributed by atoms with Crippen molar-refractivity contribution < 1.29 is 33.8 Å². The molecule has 0 bridgehead atoms. The average Bonchev–Trinajstić information content (AvgIpc) is 3.09. The molecule has 4 atom stereocenters. The topological polar surface area (TPSA) is 199 Å². The van der Waals surface area contributed by atoms with E-state index >= 15 is 0 Å². The number of ether oxygens (including phenoxy) is 1. The monoisotopic (exact) mass is 506 g/mol. The quantitative estimate of drug-likeness (QED) is 0.203. The van der Waals surface area contributed by atoms with E-state index in [1.807, 2.05) is 6.07 Å². The molecule has 3 heterocycles. The van der Waals surface area contributed by atoms with Gasteiger partial charge in [0.15, 0.2) is 6.23 Å². The van der Waals surface area contributed by atoms with Crippen molar-refractivity contribution in [1.82, 2.24) is 14.1 Å². The van der Waals surface area contributed by atoms with Crippen LogP contribution < -0.4 is 17.0 Å². The summed E-state index contributed by atoms with van der Waals surface area (Å²) >= 11 is 0. The number of anilines is 1. The highest BCUT2D eigenvalue weighted by molar-refractivity contribution is 7.46. The number of nitrogens with two attached hydrogens (primary N) is 1. The van der Waals surface area contributed by atoms with Crippen molar-refractivity contribution in [1.29, 1.82) is 0 Å². The van der Waals surface area contributed by atoms with Crippen LogP contribution in [0.4, 0.5) is 5.69 Å². The number of pyridine rings is 1. The summed E-state index contributed by atoms with van der Waals surface area (Å²) in [7, 11) is -4.85. The van der Waals surface area contributed by atoms with Crippen LogP contribution in [0.15, 0.2) is 64.4 Å². The Balaban J connectivity index is 1.61. The summed E-state index contributed by atoms with van der Waals surface area (Å²) in [6.45, 7) is -0.918. The summed E-state index contributed by atoms with van der Waals surface area (Å²) < 4.78 is 22.5. The van der Waals surface area contributed by atoms with Crippen molar-refractivity contribution in [3.05, 3.63) is 81.4 Å². The van der Waals surface area contributed by atoms with Crippen molar-refractivity contribution in [2.24, 2.45) is 0 Å². The van der Waals surface area contributed by atoms with Gasteiger partial charge in [-0.2, -0.15) is 0 Å². The van der Waals surface area contributed by atoms with E-state index in [2.05, 4.69) is 9.51 Å². The largest absolute Gasteiger partial charge is 0.469 e. The van der Waals surface area contributed by atoms with Crippen molar-refractivity contribution in [3.63, 3.8) is 0 Å². The van der Waals surface area contributed by atoms with Gasteiger partial charge in [-0.3, -0.25) is 23.4 Å². The van der Waals surface area contributed by atoms with Gasteiger partial charge in [-0.05, 0) is 35.4 Å². The van der Waals surface area contributed by atoms with Gasteiger partial charge in [-0.15, -0.1) is 0 Å². The first-order chi connectivity index (χ1) is 16.5. The van der Waals surface area contributed by atoms with Gasteiger partial charge in [0.05, 0.1) is 18.8 Å². The van der Waals surface area contributed by atoms with Crippen LogP contribution in [0.2, 0.25) is 0 Å². The highest BCUT2D eigenvalue weighted by atomic mass is 31.2. The van der Waals surface area contributed by atoms with Gasteiger partial charge in [0.1, 0.15) is 18.3 Å². The van der Waals surface area contributed by atoms with E-state index in [0.29, 0.717) is 11.4 Å². The lowest BCUT2D eigenvalue weighted by Gasteiger charge is -2.18. The molecular formula is C21H23N4O9P. The summed E-state index contributed by atoms with van der Waals surface area (Å²) in [5.41, 5.74) is 6.95. The Hall–Kier alpha value is -3.16. The van der Waals surface area contributed by atoms with E-state index in [-0.39, 0.29) is 6.54 Å². The minimum absolute atomic E-state index is 0.190. The molecule has 6 N–H and O–H groups in total. The number of phosphoric acid groups is 1. The normalized spacial score (nSPS) is 22.4. The van der Waals surface area contributed by atoms with Crippen LogP contribution >= 0.6 is 7.82 Å². The highest BCUT2D eigenvalue weighted by Crippen LogP contribution is 2.38. The van der Waals surface area contributed by atoms with Crippen molar-refractivity contribution >= 4 is 13.5 Å². The fourth-order valence-corrected chi connectivity index (χ4v) is 4.10. The molecule has 0 saturated carbocycles. The Labute approximate surface area is 197 Å². The smallest absolute Gasteiger partial charge is 0.399 e. The first-order valence-electron chi connectivity index (χ1n) is 10.4. The third kappa shape index (κ3) is 5.57. The molecule has 4 rings (SSSR count). The summed E-state index contributed by atoms with van der Waals surface area (Å²) in [5.74, 6) is 0. The van der Waals surface area contributed by atoms with Crippen LogP contribution in [-0.4, -0.2) is 59.0 Å². The van der Waals surface area contributed by atoms with E-state index < -0.39 is 50.2 Å². The molecule has 1 aliphatic rings. The van der Waals surface area contributed by atoms with E-state index in [9.17, 15) is 24.4 Å². The number of rotatable bonds is 7. The zero-order chi connectivity index (χ0) is 25.3. The number of phosphoric ester groups is 1. The highest BCUT2D eigenvalue weighted by Gasteiger charge is 2.45. The molecular weight excluding hydrogens is 483 g/mol. The Morgan fingerprint density at radius 3 is 2.54 bits per heavy atom. The molecule has 186 valence electrons. The minimum atomic E-state index is -4.85. The Morgan fingerprint density at radius 1 is 1.09 bits per heavy atom. The minimum Gasteiger partial charge on any atom is -0.399 e. The SMILES string of the molecule is Nc1cccc(-c2ccnc(Cn3c(=O)ccn([C@@H]4O[C@H](COP(=O)(O)O)[C@H](O)C4O)c3=O)c2)c1. The fraction of sp³-hybridized carbons (Fsp3) is 0.286. The number of nitrogen functional groups attached to an aromatic ring is 1. The molecule has 1 unspecified atom stereocenters. The van der Waals surface area contributed by atoms with Crippen LogP contribution in [-0.2, 0) is 20.4 Å². The molecule has 1 aliphatic heterocycles. The van der Waals surface area contributed by atoms with Gasteiger partial charge in [0, 0.05) is 24.1 Å². The molecule has 0 radical (unpaired) electrons. The van der Waals surface area contributed by atoms with Crippen molar-refractivity contribution in [2.45, 2.75) is 31.1 Å². The Morgan fingerprint density at radius 2 is 1.83 bits per heavy atom. The molecule has 1 saturated heterocycles. The first-order valence-corrected chi connectivity index (χ1v) is 11.9. The molecule has 0 spiro atoms. The molecule has 13 nitrogen and oxygen atoms in total. The predicted octanol–water partition coefficient (Wildman–Crippen LogP) is -0.569. The summed E-state index contributed by atoms with van der Waals surface area (Å²) in [5, 5.41) is 20.6. The molecule has 1 aromatic carbocycles. The van der Waals surface area contributed by atoms with Gasteiger partial charge >= 0.3 is 13.5 Å². The van der Waals surface area contributed by atoms with Gasteiger partial charge in [-0.25, -0.2) is 9.36 Å². The number of aromatic nitrogens is 3. The second kappa shape index (κ2) is 9.84. The number of hydrogen-bond acceptors (Lipinski definition) is 9. The second-order valence-corrected chi connectivity index (χ2v) is 9.16. The van der Waals surface area contributed by atoms with Crippen LogP contribution in [0.3, 0.4) is 0 Å². The van der Waals surface area contributed by atoms with Gasteiger partial charge in [-0.1, -0.05) is 12.1 Å². The number of aliphatic hydroxyl groups is 2. The third-order valence-electron chi connectivity index (χ3n) is 5.47. The Bertz CT molecular complexity index is 1390. The maximum absolute atomic E-state index is 13.1. The second-order valence-electron chi connectivity index (χ2n) is 7.92.